The molecule has 0 saturated carbocycles. The van der Waals surface area contributed by atoms with Gasteiger partial charge in [0, 0.05) is 42.1 Å². The maximum Gasteiger partial charge on any atom is 0.324 e. The minimum Gasteiger partial charge on any atom is -0.339 e. The lowest BCUT2D eigenvalue weighted by molar-refractivity contribution is 0.0689. The molecule has 3 amide bonds. The molecule has 2 aromatic heterocycles. The Morgan fingerprint density at radius 2 is 1.62 bits per heavy atom. The monoisotopic (exact) mass is 564 g/mol. The van der Waals surface area contributed by atoms with E-state index in [1.807, 2.05) is 73.3 Å². The van der Waals surface area contributed by atoms with E-state index in [2.05, 4.69) is 48.5 Å². The first-order chi connectivity index (χ1) is 20.1. The van der Waals surface area contributed by atoms with E-state index in [0.717, 1.165) is 60.7 Å². The molecule has 1 saturated heterocycles. The van der Waals surface area contributed by atoms with Crippen LogP contribution in [0.25, 0.3) is 5.69 Å². The molecule has 1 aliphatic rings. The van der Waals surface area contributed by atoms with E-state index in [1.54, 1.807) is 10.9 Å². The van der Waals surface area contributed by atoms with Crippen LogP contribution in [0.5, 0.6) is 0 Å². The summed E-state index contributed by atoms with van der Waals surface area (Å²) in [5.74, 6) is 1.20. The summed E-state index contributed by atoms with van der Waals surface area (Å²) in [5, 5.41) is 10.7. The Bertz CT molecular complexity index is 1540. The fourth-order valence-electron chi connectivity index (χ4n) is 5.28. The lowest BCUT2D eigenvalue weighted by Gasteiger charge is -2.32. The first-order valence-corrected chi connectivity index (χ1v) is 14.6. The molecular formula is C34H40N6O2. The lowest BCUT2D eigenvalue weighted by Crippen LogP contribution is -2.39. The molecular weight excluding hydrogens is 524 g/mol. The summed E-state index contributed by atoms with van der Waals surface area (Å²) in [4.78, 5) is 32.1. The molecule has 5 rings (SSSR count). The highest BCUT2D eigenvalue weighted by Crippen LogP contribution is 2.27. The number of nitrogens with one attached hydrogen (secondary N) is 2. The van der Waals surface area contributed by atoms with Gasteiger partial charge in [0.2, 0.25) is 0 Å². The summed E-state index contributed by atoms with van der Waals surface area (Å²) in [6.45, 7) is 11.8. The molecule has 2 N–H and O–H groups in total. The van der Waals surface area contributed by atoms with Crippen molar-refractivity contribution in [2.24, 2.45) is 5.92 Å². The number of pyridine rings is 1. The predicted molar refractivity (Wildman–Crippen MR) is 167 cm³/mol. The Labute approximate surface area is 248 Å². The number of urea groups is 1. The van der Waals surface area contributed by atoms with Crippen molar-refractivity contribution >= 4 is 23.4 Å². The van der Waals surface area contributed by atoms with Crippen LogP contribution in [0.15, 0.2) is 72.9 Å². The summed E-state index contributed by atoms with van der Waals surface area (Å²) in [7, 11) is 0. The van der Waals surface area contributed by atoms with Gasteiger partial charge in [-0.15, -0.1) is 0 Å². The number of rotatable bonds is 6. The van der Waals surface area contributed by atoms with Crippen molar-refractivity contribution in [1.82, 2.24) is 19.7 Å². The standard InChI is InChI=1S/C34H40N6O2/c1-23-8-14-28(15-9-23)40-31(22-30(38-40)34(3,4)5)37-33(42)36-27-12-10-25(11-13-27)21-26-16-19-39(20-17-26)32(41)29-7-6-18-35-24(29)2/h6-15,18,22,26H,16-17,19-21H2,1-5H3,(H2,36,37,42). The zero-order chi connectivity index (χ0) is 29.9. The quantitative estimate of drug-likeness (QED) is 0.266. The summed E-state index contributed by atoms with van der Waals surface area (Å²) in [6, 6.07) is 21.4. The molecule has 42 heavy (non-hydrogen) atoms. The first-order valence-electron chi connectivity index (χ1n) is 14.6. The van der Waals surface area contributed by atoms with E-state index in [4.69, 9.17) is 5.10 Å². The second kappa shape index (κ2) is 12.2. The molecule has 8 heteroatoms. The van der Waals surface area contributed by atoms with Crippen molar-refractivity contribution in [3.8, 4) is 5.69 Å². The highest BCUT2D eigenvalue weighted by atomic mass is 16.2. The third kappa shape index (κ3) is 6.87. The number of nitrogens with zero attached hydrogens (tertiary/aromatic N) is 4. The fraction of sp³-hybridized carbons (Fsp3) is 0.353. The Kier molecular flexibility index (Phi) is 8.43. The number of carbonyl (C=O) groups is 2. The molecule has 0 atom stereocenters. The average Bonchev–Trinajstić information content (AvgIpc) is 3.39. The maximum absolute atomic E-state index is 13.0. The zero-order valence-electron chi connectivity index (χ0n) is 25.1. The van der Waals surface area contributed by atoms with Gasteiger partial charge in [0.05, 0.1) is 16.9 Å². The van der Waals surface area contributed by atoms with Crippen LogP contribution >= 0.6 is 0 Å². The molecule has 0 aliphatic carbocycles. The van der Waals surface area contributed by atoms with Gasteiger partial charge in [0.1, 0.15) is 5.82 Å². The van der Waals surface area contributed by atoms with E-state index in [1.165, 1.54) is 5.56 Å². The van der Waals surface area contributed by atoms with Crippen LogP contribution in [0.3, 0.4) is 0 Å². The topological polar surface area (TPSA) is 92.2 Å². The normalized spacial score (nSPS) is 14.1. The number of hydrogen-bond acceptors (Lipinski definition) is 4. The van der Waals surface area contributed by atoms with Gasteiger partial charge in [-0.05, 0) is 81.0 Å². The third-order valence-corrected chi connectivity index (χ3v) is 7.87. The summed E-state index contributed by atoms with van der Waals surface area (Å²) in [6.07, 6.45) is 4.61. The van der Waals surface area contributed by atoms with Gasteiger partial charge in [0.15, 0.2) is 0 Å². The van der Waals surface area contributed by atoms with E-state index >= 15 is 0 Å². The van der Waals surface area contributed by atoms with E-state index in [9.17, 15) is 9.59 Å². The number of piperidine rings is 1. The fourth-order valence-corrected chi connectivity index (χ4v) is 5.28. The molecule has 4 aromatic rings. The van der Waals surface area contributed by atoms with Gasteiger partial charge in [-0.3, -0.25) is 15.1 Å². The zero-order valence-corrected chi connectivity index (χ0v) is 25.1. The van der Waals surface area contributed by atoms with Crippen molar-refractivity contribution in [1.29, 1.82) is 0 Å². The Morgan fingerprint density at radius 1 is 0.929 bits per heavy atom. The van der Waals surface area contributed by atoms with Gasteiger partial charge < -0.3 is 10.2 Å². The van der Waals surface area contributed by atoms with Crippen LogP contribution < -0.4 is 10.6 Å². The van der Waals surface area contributed by atoms with Crippen LogP contribution in [-0.2, 0) is 11.8 Å². The lowest BCUT2D eigenvalue weighted by atomic mass is 9.90. The highest BCUT2D eigenvalue weighted by Gasteiger charge is 2.25. The minimum atomic E-state index is -0.322. The largest absolute Gasteiger partial charge is 0.339 e. The molecule has 2 aromatic carbocycles. The van der Waals surface area contributed by atoms with Crippen LogP contribution in [0.1, 0.15) is 66.5 Å². The van der Waals surface area contributed by atoms with Gasteiger partial charge in [0.25, 0.3) is 5.91 Å². The van der Waals surface area contributed by atoms with Crippen LogP contribution in [0.4, 0.5) is 16.3 Å². The molecule has 0 unspecified atom stereocenters. The number of aromatic nitrogens is 3. The molecule has 8 nitrogen and oxygen atoms in total. The van der Waals surface area contributed by atoms with E-state index in [-0.39, 0.29) is 17.4 Å². The van der Waals surface area contributed by atoms with Gasteiger partial charge in [-0.25, -0.2) is 9.48 Å². The van der Waals surface area contributed by atoms with Crippen LogP contribution in [0, 0.1) is 19.8 Å². The molecule has 0 spiro atoms. The average molecular weight is 565 g/mol. The number of hydrogen-bond donors (Lipinski definition) is 2. The number of anilines is 2. The third-order valence-electron chi connectivity index (χ3n) is 7.87. The molecule has 0 radical (unpaired) electrons. The van der Waals surface area contributed by atoms with Crippen LogP contribution in [0.2, 0.25) is 0 Å². The molecule has 1 aliphatic heterocycles. The predicted octanol–water partition coefficient (Wildman–Crippen LogP) is 6.92. The van der Waals surface area contributed by atoms with Crippen molar-refractivity contribution in [3.63, 3.8) is 0 Å². The summed E-state index contributed by atoms with van der Waals surface area (Å²) < 4.78 is 1.78. The smallest absolute Gasteiger partial charge is 0.324 e. The molecule has 1 fully saturated rings. The maximum atomic E-state index is 13.0. The Morgan fingerprint density at radius 3 is 2.26 bits per heavy atom. The van der Waals surface area contributed by atoms with Gasteiger partial charge in [-0.2, -0.15) is 5.10 Å². The Balaban J connectivity index is 1.17. The SMILES string of the molecule is Cc1ccc(-n2nc(C(C)(C)C)cc2NC(=O)Nc2ccc(CC3CCN(C(=O)c4cccnc4C)CC3)cc2)cc1. The molecule has 218 valence electrons. The summed E-state index contributed by atoms with van der Waals surface area (Å²) in [5.41, 5.74) is 6.19. The number of likely N-dealkylation sites (tertiary alicyclic amines) is 1. The highest BCUT2D eigenvalue weighted by molar-refractivity contribution is 5.99. The Hall–Kier alpha value is -4.46. The van der Waals surface area contributed by atoms with Crippen LogP contribution in [-0.4, -0.2) is 44.7 Å². The van der Waals surface area contributed by atoms with Crippen molar-refractivity contribution in [2.45, 2.75) is 59.3 Å². The summed E-state index contributed by atoms with van der Waals surface area (Å²) >= 11 is 0. The number of carbonyl (C=O) groups excluding carboxylic acids is 2. The number of amides is 3. The van der Waals surface area contributed by atoms with E-state index < -0.39 is 0 Å². The number of benzene rings is 2. The second-order valence-corrected chi connectivity index (χ2v) is 12.3. The minimum absolute atomic E-state index is 0.0734. The van der Waals surface area contributed by atoms with Crippen molar-refractivity contribution in [3.05, 3.63) is 101 Å². The van der Waals surface area contributed by atoms with Crippen molar-refractivity contribution in [2.75, 3.05) is 23.7 Å². The molecule has 3 heterocycles. The van der Waals surface area contributed by atoms with Gasteiger partial charge in [-0.1, -0.05) is 50.6 Å². The van der Waals surface area contributed by atoms with Gasteiger partial charge >= 0.3 is 6.03 Å². The molecule has 0 bridgehead atoms. The van der Waals surface area contributed by atoms with E-state index in [0.29, 0.717) is 17.3 Å². The number of aryl methyl sites for hydroxylation is 2. The first kappa shape index (κ1) is 29.0. The van der Waals surface area contributed by atoms with Crippen molar-refractivity contribution < 1.29 is 9.59 Å². The second-order valence-electron chi connectivity index (χ2n) is 12.3.